The van der Waals surface area contributed by atoms with Gasteiger partial charge in [-0.2, -0.15) is 5.26 Å². The number of nitrogens with zero attached hydrogens (tertiary/aromatic N) is 2. The van der Waals surface area contributed by atoms with Gasteiger partial charge in [-0.05, 0) is 41.5 Å². The Kier molecular flexibility index (Phi) is 4.11. The van der Waals surface area contributed by atoms with Crippen LogP contribution in [0.3, 0.4) is 0 Å². The normalized spacial score (nSPS) is 11.6. The summed E-state index contributed by atoms with van der Waals surface area (Å²) in [4.78, 5) is 0. The van der Waals surface area contributed by atoms with Crippen LogP contribution in [0.2, 0.25) is 0 Å². The molecule has 0 atom stereocenters. The summed E-state index contributed by atoms with van der Waals surface area (Å²) >= 11 is 0. The Hall–Kier alpha value is -3.64. The van der Waals surface area contributed by atoms with Gasteiger partial charge in [-0.15, -0.1) is 0 Å². The highest BCUT2D eigenvalue weighted by molar-refractivity contribution is 6.12. The number of para-hydroxylation sites is 1. The van der Waals surface area contributed by atoms with E-state index in [1.54, 1.807) is 0 Å². The van der Waals surface area contributed by atoms with E-state index in [1.807, 2.05) is 18.2 Å². The lowest BCUT2D eigenvalue weighted by atomic mass is 9.94. The molecule has 0 aliphatic rings. The number of hydrogen-bond acceptors (Lipinski definition) is 2. The minimum Gasteiger partial charge on any atom is -0.454 e. The van der Waals surface area contributed by atoms with Gasteiger partial charge in [0, 0.05) is 16.8 Å². The first-order valence-corrected chi connectivity index (χ1v) is 10.3. The van der Waals surface area contributed by atoms with Gasteiger partial charge in [0.15, 0.2) is 11.8 Å². The number of rotatable bonds is 2. The fourth-order valence-corrected chi connectivity index (χ4v) is 4.40. The Balaban J connectivity index is 1.92. The summed E-state index contributed by atoms with van der Waals surface area (Å²) in [5.74, 6) is 0.483. The lowest BCUT2D eigenvalue weighted by Gasteiger charge is -2.11. The summed E-state index contributed by atoms with van der Waals surface area (Å²) < 4.78 is 8.54. The third-order valence-corrected chi connectivity index (χ3v) is 6.06. The van der Waals surface area contributed by atoms with Crippen molar-refractivity contribution in [3.05, 3.63) is 77.5 Å². The minimum absolute atomic E-state index is 0.483. The first-order chi connectivity index (χ1) is 14.5. The molecule has 3 aromatic carbocycles. The topological polar surface area (TPSA) is 40.8 Å². The van der Waals surface area contributed by atoms with Crippen LogP contribution >= 0.6 is 0 Å². The third kappa shape index (κ3) is 2.61. The minimum atomic E-state index is 0.483. The number of fused-ring (bicyclic) bond motifs is 4. The maximum Gasteiger partial charge on any atom is 0.224 e. The summed E-state index contributed by atoms with van der Waals surface area (Å²) in [6.07, 6.45) is 2.11. The molecule has 0 aliphatic heterocycles. The molecule has 0 fully saturated rings. The first-order valence-electron chi connectivity index (χ1n) is 10.3. The molecule has 0 N–H and O–H groups in total. The molecule has 5 rings (SSSR count). The van der Waals surface area contributed by atoms with E-state index in [2.05, 4.69) is 81.1 Å². The van der Waals surface area contributed by atoms with Gasteiger partial charge < -0.3 is 4.42 Å². The molecule has 0 spiro atoms. The van der Waals surface area contributed by atoms with Crippen molar-refractivity contribution in [2.24, 2.45) is 7.05 Å². The summed E-state index contributed by atoms with van der Waals surface area (Å²) in [5, 5.41) is 14.0. The molecule has 146 valence electrons. The van der Waals surface area contributed by atoms with Gasteiger partial charge in [0.05, 0.1) is 16.5 Å². The van der Waals surface area contributed by atoms with E-state index >= 15 is 0 Å². The Morgan fingerprint density at radius 1 is 0.933 bits per heavy atom. The van der Waals surface area contributed by atoms with Gasteiger partial charge in [0.2, 0.25) is 5.69 Å². The number of furan rings is 1. The van der Waals surface area contributed by atoms with E-state index in [0.717, 1.165) is 33.2 Å². The van der Waals surface area contributed by atoms with Crippen molar-refractivity contribution in [2.45, 2.75) is 26.7 Å². The lowest BCUT2D eigenvalue weighted by molar-refractivity contribution is -0.659. The Morgan fingerprint density at radius 2 is 1.70 bits per heavy atom. The number of aromatic nitrogens is 1. The van der Waals surface area contributed by atoms with Crippen LogP contribution in [-0.2, 0) is 7.05 Å². The van der Waals surface area contributed by atoms with Crippen molar-refractivity contribution < 1.29 is 8.98 Å². The maximum atomic E-state index is 9.54. The molecule has 3 nitrogen and oxygen atoms in total. The van der Waals surface area contributed by atoms with Crippen molar-refractivity contribution >= 4 is 32.7 Å². The molecule has 0 unspecified atom stereocenters. The van der Waals surface area contributed by atoms with Gasteiger partial charge in [-0.25, -0.2) is 4.57 Å². The fraction of sp³-hybridized carbons (Fsp3) is 0.185. The van der Waals surface area contributed by atoms with E-state index in [1.165, 1.54) is 16.3 Å². The summed E-state index contributed by atoms with van der Waals surface area (Å²) in [5.41, 5.74) is 6.75. The van der Waals surface area contributed by atoms with Crippen LogP contribution < -0.4 is 4.57 Å². The number of nitriles is 1. The molecule has 0 amide bonds. The van der Waals surface area contributed by atoms with E-state index in [9.17, 15) is 5.26 Å². The molecular weight excluding hydrogens is 368 g/mol. The number of hydrogen-bond donors (Lipinski definition) is 0. The molecule has 0 saturated heterocycles. The van der Waals surface area contributed by atoms with Crippen LogP contribution in [0, 0.1) is 18.3 Å². The van der Waals surface area contributed by atoms with Crippen LogP contribution in [0.15, 0.2) is 65.2 Å². The van der Waals surface area contributed by atoms with Gasteiger partial charge in [-0.1, -0.05) is 50.2 Å². The second-order valence-electron chi connectivity index (χ2n) is 8.31. The van der Waals surface area contributed by atoms with E-state index in [0.29, 0.717) is 17.1 Å². The molecule has 0 radical (unpaired) electrons. The van der Waals surface area contributed by atoms with E-state index in [4.69, 9.17) is 4.42 Å². The smallest absolute Gasteiger partial charge is 0.224 e. The second kappa shape index (κ2) is 6.71. The van der Waals surface area contributed by atoms with Crippen LogP contribution in [0.1, 0.15) is 36.5 Å². The average molecular weight is 391 g/mol. The standard InChI is InChI=1S/C27H23N2O/c1-16(2)18-9-11-21-19(14-18)12-13-29(4)25(21)24-17(3)8-10-23-22-7-5-6-20(15-28)26(22)30-27(23)24/h5-14,16H,1-4H3/q+1. The molecule has 3 heteroatoms. The van der Waals surface area contributed by atoms with Crippen LogP contribution in [-0.4, -0.2) is 0 Å². The monoisotopic (exact) mass is 391 g/mol. The van der Waals surface area contributed by atoms with Crippen molar-refractivity contribution in [1.82, 2.24) is 0 Å². The van der Waals surface area contributed by atoms with Gasteiger partial charge >= 0.3 is 0 Å². The highest BCUT2D eigenvalue weighted by atomic mass is 16.3. The van der Waals surface area contributed by atoms with E-state index < -0.39 is 0 Å². The predicted octanol–water partition coefficient (Wildman–Crippen LogP) is 6.53. The number of pyridine rings is 1. The van der Waals surface area contributed by atoms with Gasteiger partial charge in [-0.3, -0.25) is 0 Å². The average Bonchev–Trinajstić information content (AvgIpc) is 3.12. The molecular formula is C27H23N2O+. The Morgan fingerprint density at radius 3 is 2.47 bits per heavy atom. The van der Waals surface area contributed by atoms with Gasteiger partial charge in [0.25, 0.3) is 0 Å². The van der Waals surface area contributed by atoms with E-state index in [-0.39, 0.29) is 0 Å². The molecule has 2 heterocycles. The number of benzene rings is 3. The zero-order valence-corrected chi connectivity index (χ0v) is 17.7. The summed E-state index contributed by atoms with van der Waals surface area (Å²) in [6.45, 7) is 6.56. The zero-order valence-electron chi connectivity index (χ0n) is 17.7. The van der Waals surface area contributed by atoms with Crippen molar-refractivity contribution in [1.29, 1.82) is 5.26 Å². The SMILES string of the molecule is Cc1ccc2c(oc3c(C#N)cccc32)c1-c1c2ccc(C(C)C)cc2cc[n+]1C. The van der Waals surface area contributed by atoms with Crippen molar-refractivity contribution in [3.8, 4) is 17.3 Å². The Labute approximate surface area is 175 Å². The largest absolute Gasteiger partial charge is 0.454 e. The molecule has 0 aliphatic carbocycles. The van der Waals surface area contributed by atoms with Crippen LogP contribution in [0.5, 0.6) is 0 Å². The molecule has 0 bridgehead atoms. The zero-order chi connectivity index (χ0) is 21.0. The lowest BCUT2D eigenvalue weighted by Crippen LogP contribution is -2.30. The summed E-state index contributed by atoms with van der Waals surface area (Å²) in [7, 11) is 2.08. The van der Waals surface area contributed by atoms with Crippen molar-refractivity contribution in [3.63, 3.8) is 0 Å². The van der Waals surface area contributed by atoms with Crippen LogP contribution in [0.4, 0.5) is 0 Å². The molecule has 2 aromatic heterocycles. The first kappa shape index (κ1) is 18.4. The second-order valence-corrected chi connectivity index (χ2v) is 8.31. The predicted molar refractivity (Wildman–Crippen MR) is 121 cm³/mol. The number of aryl methyl sites for hydroxylation is 2. The molecule has 30 heavy (non-hydrogen) atoms. The van der Waals surface area contributed by atoms with Crippen LogP contribution in [0.25, 0.3) is 44.0 Å². The Bertz CT molecular complexity index is 1500. The van der Waals surface area contributed by atoms with Gasteiger partial charge in [0.1, 0.15) is 18.7 Å². The maximum absolute atomic E-state index is 9.54. The highest BCUT2D eigenvalue weighted by Gasteiger charge is 2.24. The summed E-state index contributed by atoms with van der Waals surface area (Å²) in [6, 6.07) is 21.2. The molecule has 0 saturated carbocycles. The van der Waals surface area contributed by atoms with Crippen molar-refractivity contribution in [2.75, 3.05) is 0 Å². The molecule has 5 aromatic rings. The third-order valence-electron chi connectivity index (χ3n) is 6.06. The quantitative estimate of drug-likeness (QED) is 0.321. The fourth-order valence-electron chi connectivity index (χ4n) is 4.40. The highest BCUT2D eigenvalue weighted by Crippen LogP contribution is 2.40.